The van der Waals surface area contributed by atoms with Crippen LogP contribution in [-0.2, 0) is 0 Å². The number of aryl methyl sites for hydroxylation is 1. The van der Waals surface area contributed by atoms with Crippen LogP contribution in [0.4, 0.5) is 0 Å². The van der Waals surface area contributed by atoms with Gasteiger partial charge in [-0.3, -0.25) is 19.7 Å². The van der Waals surface area contributed by atoms with Gasteiger partial charge in [0.1, 0.15) is 0 Å². The van der Waals surface area contributed by atoms with Crippen molar-refractivity contribution in [2.45, 2.75) is 22.5 Å². The fourth-order valence-corrected chi connectivity index (χ4v) is 4.84. The monoisotopic (exact) mass is 418 g/mol. The van der Waals surface area contributed by atoms with E-state index < -0.39 is 0 Å². The molecule has 1 amide bonds. The summed E-state index contributed by atoms with van der Waals surface area (Å²) in [5.74, 6) is 0.0541. The second-order valence-electron chi connectivity index (χ2n) is 5.68. The fourth-order valence-electron chi connectivity index (χ4n) is 2.52. The molecule has 27 heavy (non-hydrogen) atoms. The number of rotatable bonds is 7. The first-order valence-corrected chi connectivity index (χ1v) is 11.1. The van der Waals surface area contributed by atoms with E-state index >= 15 is 0 Å². The smallest absolute Gasteiger partial charge is 0.270 e. The van der Waals surface area contributed by atoms with Gasteiger partial charge in [0.05, 0.1) is 5.75 Å². The first kappa shape index (κ1) is 19.7. The van der Waals surface area contributed by atoms with E-state index in [0.717, 1.165) is 14.4 Å². The van der Waals surface area contributed by atoms with Crippen molar-refractivity contribution in [3.8, 4) is 0 Å². The Hall–Kier alpha value is -2.10. The van der Waals surface area contributed by atoms with Crippen LogP contribution in [0.15, 0.2) is 45.1 Å². The molecule has 0 aliphatic carbocycles. The minimum Gasteiger partial charge on any atom is -0.293 e. The number of amides is 1. The van der Waals surface area contributed by atoms with Gasteiger partial charge in [0.25, 0.3) is 5.91 Å². The van der Waals surface area contributed by atoms with Crippen molar-refractivity contribution in [3.05, 3.63) is 58.9 Å². The standard InChI is InChI=1S/C18H18N4O2S3/c1-11-9-14(15(23)10-26-18-20-19-17(25-3)27-18)12(2)22(11)21-16(24)13-7-5-4-6-8-13/h4-9H,10H2,1-3H3,(H,21,24). The van der Waals surface area contributed by atoms with Gasteiger partial charge in [0.15, 0.2) is 14.5 Å². The third-order valence-electron chi connectivity index (χ3n) is 3.87. The highest BCUT2D eigenvalue weighted by Gasteiger charge is 2.18. The Morgan fingerprint density at radius 1 is 1.15 bits per heavy atom. The number of nitrogens with one attached hydrogen (secondary N) is 1. The van der Waals surface area contributed by atoms with Crippen molar-refractivity contribution in [1.82, 2.24) is 14.9 Å². The van der Waals surface area contributed by atoms with Crippen LogP contribution in [-0.4, -0.2) is 38.6 Å². The van der Waals surface area contributed by atoms with E-state index in [4.69, 9.17) is 0 Å². The quantitative estimate of drug-likeness (QED) is 0.461. The van der Waals surface area contributed by atoms with Crippen LogP contribution in [0.5, 0.6) is 0 Å². The number of carbonyl (C=O) groups excluding carboxylic acids is 2. The number of nitrogens with zero attached hydrogens (tertiary/aromatic N) is 3. The molecule has 2 aromatic heterocycles. The van der Waals surface area contributed by atoms with E-state index in [1.54, 1.807) is 22.9 Å². The minimum absolute atomic E-state index is 0.00536. The van der Waals surface area contributed by atoms with Gasteiger partial charge >= 0.3 is 0 Å². The van der Waals surface area contributed by atoms with Crippen molar-refractivity contribution < 1.29 is 9.59 Å². The molecule has 3 aromatic rings. The van der Waals surface area contributed by atoms with E-state index in [1.807, 2.05) is 38.3 Å². The molecule has 0 saturated carbocycles. The molecule has 1 N–H and O–H groups in total. The van der Waals surface area contributed by atoms with Crippen molar-refractivity contribution in [2.75, 3.05) is 17.4 Å². The largest absolute Gasteiger partial charge is 0.293 e. The van der Waals surface area contributed by atoms with E-state index in [9.17, 15) is 9.59 Å². The van der Waals surface area contributed by atoms with Crippen LogP contribution in [0, 0.1) is 13.8 Å². The Morgan fingerprint density at radius 3 is 2.52 bits per heavy atom. The Bertz CT molecular complexity index is 966. The van der Waals surface area contributed by atoms with Crippen LogP contribution in [0.3, 0.4) is 0 Å². The Balaban J connectivity index is 1.70. The molecule has 0 radical (unpaired) electrons. The number of thioether (sulfide) groups is 2. The number of aromatic nitrogens is 3. The molecule has 140 valence electrons. The number of ketones is 1. The predicted octanol–water partition coefficient (Wildman–Crippen LogP) is 4.04. The predicted molar refractivity (Wildman–Crippen MR) is 111 cm³/mol. The van der Waals surface area contributed by atoms with Crippen LogP contribution in [0.2, 0.25) is 0 Å². The number of carbonyl (C=O) groups is 2. The molecule has 2 heterocycles. The number of hydrogen-bond acceptors (Lipinski definition) is 7. The average Bonchev–Trinajstić information content (AvgIpc) is 3.26. The van der Waals surface area contributed by atoms with E-state index in [-0.39, 0.29) is 17.4 Å². The summed E-state index contributed by atoms with van der Waals surface area (Å²) in [5, 5.41) is 8.10. The third kappa shape index (κ3) is 4.60. The van der Waals surface area contributed by atoms with Crippen LogP contribution in [0.25, 0.3) is 0 Å². The molecule has 0 fully saturated rings. The Labute approximate surface area is 169 Å². The lowest BCUT2D eigenvalue weighted by molar-refractivity contribution is 0.0999. The number of hydrogen-bond donors (Lipinski definition) is 1. The second kappa shape index (κ2) is 8.73. The molecule has 1 aromatic carbocycles. The molecular weight excluding hydrogens is 400 g/mol. The highest BCUT2D eigenvalue weighted by atomic mass is 32.2. The zero-order valence-corrected chi connectivity index (χ0v) is 17.5. The van der Waals surface area contributed by atoms with E-state index in [1.165, 1.54) is 34.9 Å². The van der Waals surface area contributed by atoms with Crippen LogP contribution in [0.1, 0.15) is 32.1 Å². The number of benzene rings is 1. The lowest BCUT2D eigenvalue weighted by Crippen LogP contribution is -2.25. The molecule has 0 bridgehead atoms. The molecule has 0 aliphatic rings. The van der Waals surface area contributed by atoms with Crippen molar-refractivity contribution in [2.24, 2.45) is 0 Å². The maximum Gasteiger partial charge on any atom is 0.270 e. The summed E-state index contributed by atoms with van der Waals surface area (Å²) in [6.45, 7) is 3.69. The summed E-state index contributed by atoms with van der Waals surface area (Å²) in [6.07, 6.45) is 1.94. The molecular formula is C18H18N4O2S3. The zero-order valence-electron chi connectivity index (χ0n) is 15.1. The summed E-state index contributed by atoms with van der Waals surface area (Å²) in [5.41, 5.74) is 5.52. The van der Waals surface area contributed by atoms with Gasteiger partial charge in [0.2, 0.25) is 0 Å². The van der Waals surface area contributed by atoms with Crippen molar-refractivity contribution in [3.63, 3.8) is 0 Å². The lowest BCUT2D eigenvalue weighted by atomic mass is 10.2. The molecule has 6 nitrogen and oxygen atoms in total. The van der Waals surface area contributed by atoms with Crippen molar-refractivity contribution >= 4 is 46.6 Å². The fraction of sp³-hybridized carbons (Fsp3) is 0.222. The molecule has 0 aliphatic heterocycles. The Kier molecular flexibility index (Phi) is 6.35. The van der Waals surface area contributed by atoms with Gasteiger partial charge in [-0.2, -0.15) is 0 Å². The SMILES string of the molecule is CSc1nnc(SCC(=O)c2cc(C)n(NC(=O)c3ccccc3)c2C)s1. The van der Waals surface area contributed by atoms with E-state index in [0.29, 0.717) is 16.8 Å². The first-order chi connectivity index (χ1) is 13.0. The van der Waals surface area contributed by atoms with Crippen LogP contribution >= 0.6 is 34.9 Å². The zero-order chi connectivity index (χ0) is 19.4. The third-order valence-corrected chi connectivity index (χ3v) is 6.90. The van der Waals surface area contributed by atoms with E-state index in [2.05, 4.69) is 15.6 Å². The second-order valence-corrected chi connectivity index (χ2v) is 8.93. The summed E-state index contributed by atoms with van der Waals surface area (Å²) in [6, 6.07) is 10.8. The minimum atomic E-state index is -0.218. The number of Topliss-reactive ketones (excluding diaryl/α,β-unsaturated/α-hetero) is 1. The molecule has 3 rings (SSSR count). The Morgan fingerprint density at radius 2 is 1.85 bits per heavy atom. The van der Waals surface area contributed by atoms with Gasteiger partial charge < -0.3 is 0 Å². The first-order valence-electron chi connectivity index (χ1n) is 8.08. The van der Waals surface area contributed by atoms with Gasteiger partial charge in [-0.15, -0.1) is 10.2 Å². The highest BCUT2D eigenvalue weighted by Crippen LogP contribution is 2.28. The van der Waals surface area contributed by atoms with Gasteiger partial charge in [-0.05, 0) is 38.3 Å². The van der Waals surface area contributed by atoms with Crippen molar-refractivity contribution in [1.29, 1.82) is 0 Å². The molecule has 0 spiro atoms. The maximum absolute atomic E-state index is 12.6. The molecule has 9 heteroatoms. The molecule has 0 atom stereocenters. The summed E-state index contributed by atoms with van der Waals surface area (Å²) in [4.78, 5) is 25.0. The average molecular weight is 419 g/mol. The maximum atomic E-state index is 12.6. The normalized spacial score (nSPS) is 10.8. The van der Waals surface area contributed by atoms with Crippen LogP contribution < -0.4 is 5.43 Å². The molecule has 0 saturated heterocycles. The summed E-state index contributed by atoms with van der Waals surface area (Å²) >= 11 is 4.39. The van der Waals surface area contributed by atoms with Gasteiger partial charge in [0, 0.05) is 22.5 Å². The highest BCUT2D eigenvalue weighted by molar-refractivity contribution is 8.03. The lowest BCUT2D eigenvalue weighted by Gasteiger charge is -2.11. The van der Waals surface area contributed by atoms with Gasteiger partial charge in [-0.25, -0.2) is 0 Å². The molecule has 0 unspecified atom stereocenters. The topological polar surface area (TPSA) is 76.9 Å². The summed E-state index contributed by atoms with van der Waals surface area (Å²) in [7, 11) is 0. The summed E-state index contributed by atoms with van der Waals surface area (Å²) < 4.78 is 3.31. The van der Waals surface area contributed by atoms with Gasteiger partial charge in [-0.1, -0.05) is 53.1 Å².